The molecule has 0 amide bonds. The van der Waals surface area contributed by atoms with Gasteiger partial charge in [-0.3, -0.25) is 0 Å². The lowest BCUT2D eigenvalue weighted by atomic mass is 9.98. The summed E-state index contributed by atoms with van der Waals surface area (Å²) in [5.41, 5.74) is 2.00. The van der Waals surface area contributed by atoms with Crippen LogP contribution < -0.4 is 9.47 Å². The maximum Gasteiger partial charge on any atom is 0.343 e. The Morgan fingerprint density at radius 2 is 1.22 bits per heavy atom. The standard InChI is InChI=1S/C29H20F4O3/c1-3-16-35-23-14-15-24(28(33)27(23)32)36-29(34)20-10-8-19(9-11-20)22-13-12-21(25(30)26(22)31)18-6-4-17(2)5-7-18/h3-15H,1,16H2,2H3. The summed E-state index contributed by atoms with van der Waals surface area (Å²) in [6, 6.07) is 17.6. The molecular weight excluding hydrogens is 472 g/mol. The van der Waals surface area contributed by atoms with Crippen LogP contribution in [0.2, 0.25) is 0 Å². The molecule has 0 radical (unpaired) electrons. The molecular formula is C29H20F4O3. The van der Waals surface area contributed by atoms with E-state index in [4.69, 9.17) is 9.47 Å². The van der Waals surface area contributed by atoms with Crippen molar-refractivity contribution in [2.24, 2.45) is 0 Å². The third-order valence-electron chi connectivity index (χ3n) is 5.45. The Morgan fingerprint density at radius 1 is 0.722 bits per heavy atom. The molecule has 0 bridgehead atoms. The number of esters is 1. The van der Waals surface area contributed by atoms with E-state index in [9.17, 15) is 22.4 Å². The number of carbonyl (C=O) groups excluding carboxylic acids is 1. The van der Waals surface area contributed by atoms with Gasteiger partial charge >= 0.3 is 5.97 Å². The lowest BCUT2D eigenvalue weighted by molar-refractivity contribution is 0.0726. The molecule has 0 saturated carbocycles. The molecule has 0 heterocycles. The highest BCUT2D eigenvalue weighted by Gasteiger charge is 2.20. The molecule has 0 aliphatic heterocycles. The van der Waals surface area contributed by atoms with Crippen molar-refractivity contribution in [2.75, 3.05) is 6.61 Å². The number of carbonyl (C=O) groups is 1. The number of ether oxygens (including phenoxy) is 2. The van der Waals surface area contributed by atoms with Gasteiger partial charge in [-0.25, -0.2) is 13.6 Å². The fourth-order valence-electron chi connectivity index (χ4n) is 3.53. The first-order chi connectivity index (χ1) is 17.3. The van der Waals surface area contributed by atoms with Crippen molar-refractivity contribution in [2.45, 2.75) is 6.92 Å². The van der Waals surface area contributed by atoms with Crippen LogP contribution in [0.15, 0.2) is 85.5 Å². The van der Waals surface area contributed by atoms with Gasteiger partial charge in [0.25, 0.3) is 0 Å². The van der Waals surface area contributed by atoms with E-state index in [1.165, 1.54) is 42.5 Å². The van der Waals surface area contributed by atoms with Crippen molar-refractivity contribution in [3.05, 3.63) is 120 Å². The topological polar surface area (TPSA) is 35.5 Å². The van der Waals surface area contributed by atoms with Crippen LogP contribution in [-0.4, -0.2) is 12.6 Å². The van der Waals surface area contributed by atoms with Crippen LogP contribution in [0.5, 0.6) is 11.5 Å². The predicted molar refractivity (Wildman–Crippen MR) is 129 cm³/mol. The molecule has 0 N–H and O–H groups in total. The van der Waals surface area contributed by atoms with E-state index in [0.717, 1.165) is 17.7 Å². The first-order valence-electron chi connectivity index (χ1n) is 10.9. The van der Waals surface area contributed by atoms with E-state index in [2.05, 4.69) is 6.58 Å². The summed E-state index contributed by atoms with van der Waals surface area (Å²) in [5.74, 6) is -6.62. The van der Waals surface area contributed by atoms with Gasteiger partial charge in [-0.15, -0.1) is 0 Å². The van der Waals surface area contributed by atoms with Gasteiger partial charge in [0.05, 0.1) is 5.56 Å². The molecule has 0 aromatic heterocycles. The van der Waals surface area contributed by atoms with Crippen LogP contribution in [0.25, 0.3) is 22.3 Å². The Bertz CT molecular complexity index is 1430. The lowest BCUT2D eigenvalue weighted by Gasteiger charge is -2.11. The average Bonchev–Trinajstić information content (AvgIpc) is 2.89. The van der Waals surface area contributed by atoms with E-state index in [1.807, 2.05) is 19.1 Å². The SMILES string of the molecule is C=CCOc1ccc(OC(=O)c2ccc(-c3ccc(-c4ccc(C)cc4)c(F)c3F)cc2)c(F)c1F. The predicted octanol–water partition coefficient (Wildman–Crippen LogP) is 7.67. The van der Waals surface area contributed by atoms with Crippen molar-refractivity contribution >= 4 is 5.97 Å². The van der Waals surface area contributed by atoms with Gasteiger partial charge in [-0.05, 0) is 42.3 Å². The average molecular weight is 492 g/mol. The first kappa shape index (κ1) is 24.7. The zero-order chi connectivity index (χ0) is 25.8. The molecule has 36 heavy (non-hydrogen) atoms. The molecule has 0 atom stereocenters. The smallest absolute Gasteiger partial charge is 0.343 e. The highest BCUT2D eigenvalue weighted by molar-refractivity contribution is 5.91. The monoisotopic (exact) mass is 492 g/mol. The van der Waals surface area contributed by atoms with E-state index >= 15 is 0 Å². The normalized spacial score (nSPS) is 10.7. The Hall–Kier alpha value is -4.39. The van der Waals surface area contributed by atoms with Gasteiger partial charge in [-0.1, -0.05) is 66.7 Å². The van der Waals surface area contributed by atoms with Crippen LogP contribution >= 0.6 is 0 Å². The fourth-order valence-corrected chi connectivity index (χ4v) is 3.53. The summed E-state index contributed by atoms with van der Waals surface area (Å²) in [7, 11) is 0. The van der Waals surface area contributed by atoms with Crippen molar-refractivity contribution in [1.82, 2.24) is 0 Å². The molecule has 0 unspecified atom stereocenters. The van der Waals surface area contributed by atoms with E-state index in [0.29, 0.717) is 11.1 Å². The number of hydrogen-bond acceptors (Lipinski definition) is 3. The van der Waals surface area contributed by atoms with E-state index < -0.39 is 35.0 Å². The van der Waals surface area contributed by atoms with Gasteiger partial charge in [0, 0.05) is 11.1 Å². The largest absolute Gasteiger partial charge is 0.486 e. The Morgan fingerprint density at radius 3 is 1.78 bits per heavy atom. The Labute approximate surface area is 205 Å². The summed E-state index contributed by atoms with van der Waals surface area (Å²) in [6.45, 7) is 5.29. The summed E-state index contributed by atoms with van der Waals surface area (Å²) in [4.78, 5) is 12.4. The number of halogens is 4. The minimum Gasteiger partial charge on any atom is -0.486 e. The summed E-state index contributed by atoms with van der Waals surface area (Å²) in [6.07, 6.45) is 1.37. The van der Waals surface area contributed by atoms with Gasteiger partial charge in [0.1, 0.15) is 6.61 Å². The molecule has 0 aliphatic carbocycles. The molecule has 0 fully saturated rings. The van der Waals surface area contributed by atoms with Crippen molar-refractivity contribution in [3.63, 3.8) is 0 Å². The molecule has 0 spiro atoms. The quantitative estimate of drug-likeness (QED) is 0.115. The van der Waals surface area contributed by atoms with Crippen LogP contribution in [-0.2, 0) is 0 Å². The molecule has 182 valence electrons. The molecule has 4 aromatic carbocycles. The second kappa shape index (κ2) is 10.5. The summed E-state index contributed by atoms with van der Waals surface area (Å²) >= 11 is 0. The van der Waals surface area contributed by atoms with Crippen molar-refractivity contribution in [1.29, 1.82) is 0 Å². The second-order valence-corrected chi connectivity index (χ2v) is 7.91. The van der Waals surface area contributed by atoms with Crippen LogP contribution in [0.3, 0.4) is 0 Å². The zero-order valence-electron chi connectivity index (χ0n) is 19.2. The van der Waals surface area contributed by atoms with Crippen LogP contribution in [0.4, 0.5) is 17.6 Å². The fraction of sp³-hybridized carbons (Fsp3) is 0.0690. The number of aryl methyl sites for hydroxylation is 1. The molecule has 0 saturated heterocycles. The maximum absolute atomic E-state index is 14.9. The highest BCUT2D eigenvalue weighted by Crippen LogP contribution is 2.32. The van der Waals surface area contributed by atoms with Gasteiger partial charge in [0.2, 0.25) is 11.6 Å². The molecule has 7 heteroatoms. The second-order valence-electron chi connectivity index (χ2n) is 7.91. The van der Waals surface area contributed by atoms with Gasteiger partial charge < -0.3 is 9.47 Å². The Balaban J connectivity index is 1.53. The third kappa shape index (κ3) is 5.00. The maximum atomic E-state index is 14.9. The zero-order valence-corrected chi connectivity index (χ0v) is 19.2. The summed E-state index contributed by atoms with van der Waals surface area (Å²) < 4.78 is 68.1. The van der Waals surface area contributed by atoms with Crippen LogP contribution in [0, 0.1) is 30.2 Å². The molecule has 4 aromatic rings. The third-order valence-corrected chi connectivity index (χ3v) is 5.45. The van der Waals surface area contributed by atoms with Crippen molar-refractivity contribution < 1.29 is 31.8 Å². The molecule has 4 rings (SSSR count). The lowest BCUT2D eigenvalue weighted by Crippen LogP contribution is -2.10. The minimum atomic E-state index is -1.38. The molecule has 3 nitrogen and oxygen atoms in total. The number of hydrogen-bond donors (Lipinski definition) is 0. The van der Waals surface area contributed by atoms with Crippen LogP contribution in [0.1, 0.15) is 15.9 Å². The first-order valence-corrected chi connectivity index (χ1v) is 10.9. The van der Waals surface area contributed by atoms with Gasteiger partial charge in [-0.2, -0.15) is 8.78 Å². The van der Waals surface area contributed by atoms with E-state index in [-0.39, 0.29) is 29.0 Å². The molecule has 0 aliphatic rings. The van der Waals surface area contributed by atoms with Gasteiger partial charge in [0.15, 0.2) is 23.1 Å². The van der Waals surface area contributed by atoms with Crippen molar-refractivity contribution in [3.8, 4) is 33.8 Å². The Kier molecular flexibility index (Phi) is 7.20. The minimum absolute atomic E-state index is 0.00250. The summed E-state index contributed by atoms with van der Waals surface area (Å²) in [5, 5.41) is 0. The highest BCUT2D eigenvalue weighted by atomic mass is 19.2. The number of benzene rings is 4. The number of rotatable bonds is 7. The van der Waals surface area contributed by atoms with E-state index in [1.54, 1.807) is 12.1 Å².